The molecule has 6 heteroatoms. The number of hydrogen-bond acceptors (Lipinski definition) is 4. The van der Waals surface area contributed by atoms with Crippen molar-refractivity contribution in [1.29, 1.82) is 0 Å². The molecular formula is C27H24N2O4. The summed E-state index contributed by atoms with van der Waals surface area (Å²) in [6.07, 6.45) is 0. The Hall–Kier alpha value is -3.80. The van der Waals surface area contributed by atoms with Crippen LogP contribution in [0.3, 0.4) is 0 Å². The van der Waals surface area contributed by atoms with Crippen molar-refractivity contribution in [3.63, 3.8) is 0 Å². The molecule has 3 aliphatic rings. The number of hydrogen-bond donors (Lipinski definition) is 0. The van der Waals surface area contributed by atoms with Crippen LogP contribution >= 0.6 is 0 Å². The number of rotatable bonds is 2. The van der Waals surface area contributed by atoms with Crippen LogP contribution in [0, 0.1) is 0 Å². The molecule has 1 unspecified atom stereocenters. The fraction of sp³-hybridized carbons (Fsp3) is 0.259. The number of carbonyl (C=O) groups is 2. The standard InChI is InChI=1S/C27H24N2O4/c1-27(2)20-9-5-3-7-18(20)25-19-8-4-6-10-21(19)28(24(30)15-29(25)26(27)31)14-17-11-12-22-23(13-17)33-16-32-22/h3-13,25H,14-16H2,1-2H3. The van der Waals surface area contributed by atoms with Crippen molar-refractivity contribution in [2.24, 2.45) is 0 Å². The molecule has 33 heavy (non-hydrogen) atoms. The van der Waals surface area contributed by atoms with E-state index in [2.05, 4.69) is 6.07 Å². The van der Waals surface area contributed by atoms with E-state index in [9.17, 15) is 9.59 Å². The minimum absolute atomic E-state index is 0.0283. The summed E-state index contributed by atoms with van der Waals surface area (Å²) in [5.41, 5.74) is 4.12. The third kappa shape index (κ3) is 2.94. The molecule has 0 N–H and O–H groups in total. The monoisotopic (exact) mass is 440 g/mol. The summed E-state index contributed by atoms with van der Waals surface area (Å²) in [5, 5.41) is 0. The highest BCUT2D eigenvalue weighted by atomic mass is 16.7. The Morgan fingerprint density at radius 3 is 2.48 bits per heavy atom. The molecule has 0 spiro atoms. The molecule has 0 radical (unpaired) electrons. The van der Waals surface area contributed by atoms with Crippen LogP contribution in [0.4, 0.5) is 5.69 Å². The van der Waals surface area contributed by atoms with Crippen molar-refractivity contribution in [2.75, 3.05) is 18.2 Å². The Morgan fingerprint density at radius 1 is 0.909 bits per heavy atom. The molecule has 3 aliphatic heterocycles. The highest BCUT2D eigenvalue weighted by molar-refractivity contribution is 6.01. The average molecular weight is 440 g/mol. The third-order valence-corrected chi connectivity index (χ3v) is 6.94. The Kier molecular flexibility index (Phi) is 4.27. The van der Waals surface area contributed by atoms with E-state index in [1.54, 1.807) is 9.80 Å². The zero-order chi connectivity index (χ0) is 22.7. The topological polar surface area (TPSA) is 59.1 Å². The lowest BCUT2D eigenvalue weighted by atomic mass is 9.73. The molecule has 1 atom stereocenters. The number of anilines is 1. The van der Waals surface area contributed by atoms with Crippen LogP contribution in [0.15, 0.2) is 66.7 Å². The summed E-state index contributed by atoms with van der Waals surface area (Å²) < 4.78 is 10.9. The van der Waals surface area contributed by atoms with Gasteiger partial charge in [0.2, 0.25) is 18.6 Å². The van der Waals surface area contributed by atoms with Crippen LogP contribution in [-0.4, -0.2) is 30.1 Å². The lowest BCUT2D eigenvalue weighted by molar-refractivity contribution is -0.142. The number of nitrogens with zero attached hydrogens (tertiary/aromatic N) is 2. The fourth-order valence-electron chi connectivity index (χ4n) is 5.29. The van der Waals surface area contributed by atoms with Crippen LogP contribution in [0.25, 0.3) is 0 Å². The SMILES string of the molecule is CC1(C)C(=O)N2CC(=O)N(Cc3ccc4c(c3)OCO4)c3ccccc3C2c2ccccc21. The number of ether oxygens (including phenoxy) is 2. The van der Waals surface area contributed by atoms with Gasteiger partial charge in [-0.15, -0.1) is 0 Å². The van der Waals surface area contributed by atoms with Gasteiger partial charge in [-0.25, -0.2) is 0 Å². The van der Waals surface area contributed by atoms with Gasteiger partial charge in [-0.05, 0) is 48.7 Å². The van der Waals surface area contributed by atoms with Crippen LogP contribution in [0.2, 0.25) is 0 Å². The van der Waals surface area contributed by atoms with Crippen molar-refractivity contribution < 1.29 is 19.1 Å². The summed E-state index contributed by atoms with van der Waals surface area (Å²) in [4.78, 5) is 30.8. The number of benzene rings is 3. The molecule has 0 aromatic heterocycles. The van der Waals surface area contributed by atoms with Crippen LogP contribution in [-0.2, 0) is 21.5 Å². The molecule has 3 heterocycles. The predicted molar refractivity (Wildman–Crippen MR) is 123 cm³/mol. The highest BCUT2D eigenvalue weighted by Gasteiger charge is 2.48. The van der Waals surface area contributed by atoms with Gasteiger partial charge in [-0.3, -0.25) is 9.59 Å². The van der Waals surface area contributed by atoms with Crippen molar-refractivity contribution >= 4 is 17.5 Å². The van der Waals surface area contributed by atoms with Crippen molar-refractivity contribution in [3.8, 4) is 11.5 Å². The zero-order valence-electron chi connectivity index (χ0n) is 18.6. The molecule has 166 valence electrons. The molecule has 3 aromatic rings. The third-order valence-electron chi connectivity index (χ3n) is 6.94. The maximum atomic E-state index is 13.7. The molecule has 0 aliphatic carbocycles. The lowest BCUT2D eigenvalue weighted by Crippen LogP contribution is -2.52. The first-order valence-corrected chi connectivity index (χ1v) is 11.1. The number of amides is 2. The quantitative estimate of drug-likeness (QED) is 0.600. The van der Waals surface area contributed by atoms with Gasteiger partial charge < -0.3 is 19.3 Å². The highest BCUT2D eigenvalue weighted by Crippen LogP contribution is 2.47. The summed E-state index contributed by atoms with van der Waals surface area (Å²) in [7, 11) is 0. The summed E-state index contributed by atoms with van der Waals surface area (Å²) in [5.74, 6) is 1.26. The average Bonchev–Trinajstić information content (AvgIpc) is 3.25. The molecule has 0 bridgehead atoms. The van der Waals surface area contributed by atoms with E-state index < -0.39 is 5.41 Å². The van der Waals surface area contributed by atoms with Crippen LogP contribution < -0.4 is 14.4 Å². The van der Waals surface area contributed by atoms with Gasteiger partial charge in [0.05, 0.1) is 18.0 Å². The normalized spacial score (nSPS) is 20.1. The van der Waals surface area contributed by atoms with Gasteiger partial charge in [-0.2, -0.15) is 0 Å². The summed E-state index contributed by atoms with van der Waals surface area (Å²) in [6, 6.07) is 21.4. The number of carbonyl (C=O) groups excluding carboxylic acids is 2. The Morgan fingerprint density at radius 2 is 1.64 bits per heavy atom. The first kappa shape index (κ1) is 19.9. The fourth-order valence-corrected chi connectivity index (χ4v) is 5.29. The molecule has 0 saturated carbocycles. The molecule has 6 nitrogen and oxygen atoms in total. The molecule has 6 rings (SSSR count). The van der Waals surface area contributed by atoms with Crippen molar-refractivity contribution in [2.45, 2.75) is 31.8 Å². The summed E-state index contributed by atoms with van der Waals surface area (Å²) in [6.45, 7) is 4.50. The van der Waals surface area contributed by atoms with Gasteiger partial charge in [-0.1, -0.05) is 48.5 Å². The first-order chi connectivity index (χ1) is 15.9. The van der Waals surface area contributed by atoms with Crippen LogP contribution in [0.1, 0.15) is 42.1 Å². The van der Waals surface area contributed by atoms with Gasteiger partial charge >= 0.3 is 0 Å². The van der Waals surface area contributed by atoms with E-state index in [0.717, 1.165) is 27.9 Å². The Labute approximate surface area is 192 Å². The van der Waals surface area contributed by atoms with Crippen molar-refractivity contribution in [1.82, 2.24) is 4.90 Å². The maximum Gasteiger partial charge on any atom is 0.246 e. The van der Waals surface area contributed by atoms with Gasteiger partial charge in [0.1, 0.15) is 6.54 Å². The first-order valence-electron chi connectivity index (χ1n) is 11.1. The van der Waals surface area contributed by atoms with E-state index in [-0.39, 0.29) is 31.2 Å². The minimum Gasteiger partial charge on any atom is -0.454 e. The second kappa shape index (κ2) is 7.10. The number of para-hydroxylation sites is 1. The van der Waals surface area contributed by atoms with Gasteiger partial charge in [0, 0.05) is 11.3 Å². The molecular weight excluding hydrogens is 416 g/mol. The second-order valence-corrected chi connectivity index (χ2v) is 9.27. The molecule has 2 amide bonds. The molecule has 3 aromatic carbocycles. The van der Waals surface area contributed by atoms with E-state index in [4.69, 9.17) is 9.47 Å². The van der Waals surface area contributed by atoms with E-state index in [1.165, 1.54) is 0 Å². The summed E-state index contributed by atoms with van der Waals surface area (Å²) >= 11 is 0. The Bertz CT molecular complexity index is 1300. The zero-order valence-corrected chi connectivity index (χ0v) is 18.6. The van der Waals surface area contributed by atoms with Crippen molar-refractivity contribution in [3.05, 3.63) is 89.0 Å². The van der Waals surface area contributed by atoms with Gasteiger partial charge in [0.15, 0.2) is 11.5 Å². The largest absolute Gasteiger partial charge is 0.454 e. The van der Waals surface area contributed by atoms with E-state index >= 15 is 0 Å². The smallest absolute Gasteiger partial charge is 0.246 e. The maximum absolute atomic E-state index is 13.7. The van der Waals surface area contributed by atoms with Crippen LogP contribution in [0.5, 0.6) is 11.5 Å². The lowest BCUT2D eigenvalue weighted by Gasteiger charge is -2.43. The number of fused-ring (bicyclic) bond motifs is 6. The second-order valence-electron chi connectivity index (χ2n) is 9.27. The van der Waals surface area contributed by atoms with E-state index in [1.807, 2.05) is 74.5 Å². The molecule has 0 saturated heterocycles. The predicted octanol–water partition coefficient (Wildman–Crippen LogP) is 4.17. The van der Waals surface area contributed by atoms with E-state index in [0.29, 0.717) is 18.0 Å². The Balaban J connectivity index is 1.48. The van der Waals surface area contributed by atoms with Gasteiger partial charge in [0.25, 0.3) is 0 Å². The minimum atomic E-state index is -0.700. The molecule has 0 fully saturated rings.